The Morgan fingerprint density at radius 3 is 2.56 bits per heavy atom. The molecule has 2 fully saturated rings. The van der Waals surface area contributed by atoms with Gasteiger partial charge in [0, 0.05) is 38.0 Å². The fraction of sp³-hybridized carbons (Fsp3) is 0.348. The van der Waals surface area contributed by atoms with Gasteiger partial charge in [-0.25, -0.2) is 4.79 Å². The van der Waals surface area contributed by atoms with Crippen molar-refractivity contribution in [3.63, 3.8) is 0 Å². The molecule has 0 radical (unpaired) electrons. The quantitative estimate of drug-likeness (QED) is 0.373. The fourth-order valence-electron chi connectivity index (χ4n) is 4.24. The van der Waals surface area contributed by atoms with Crippen molar-refractivity contribution >= 4 is 41.0 Å². The van der Waals surface area contributed by atoms with Crippen LogP contribution in [0.25, 0.3) is 0 Å². The summed E-state index contributed by atoms with van der Waals surface area (Å²) in [4.78, 5) is 51.4. The minimum Gasteiger partial charge on any atom is -0.497 e. The fourth-order valence-corrected chi connectivity index (χ4v) is 5.35. The summed E-state index contributed by atoms with van der Waals surface area (Å²) < 4.78 is 5.18. The van der Waals surface area contributed by atoms with E-state index in [-0.39, 0.29) is 23.3 Å². The summed E-state index contributed by atoms with van der Waals surface area (Å²) in [5, 5.41) is 19.9. The number of nitrogens with one attached hydrogen (secondary N) is 3. The number of hydrogen-bond acceptors (Lipinski definition) is 9. The van der Waals surface area contributed by atoms with Crippen molar-refractivity contribution in [2.24, 2.45) is 5.92 Å². The van der Waals surface area contributed by atoms with Crippen LogP contribution in [-0.4, -0.2) is 71.1 Å². The molecule has 2 aromatic carbocycles. The molecule has 2 aliphatic rings. The molecular weight excluding hydrogens is 488 g/mol. The number of nitrogens with zero attached hydrogens (tertiary/aromatic N) is 3. The standard InChI is InChI=1S/C23H26N6O6S/c1-27-20-18(22(31)28(2)23(27)32)21(26-19(25-20)13-7-9-15(10-8-13)29(33)34)36-12-17(30)24-14-5-4-6-16(11-14)35-3/h4-11,18-21,25-26H,12H2,1-3H3,(H,24,30). The summed E-state index contributed by atoms with van der Waals surface area (Å²) >= 11 is 1.25. The third-order valence-corrected chi connectivity index (χ3v) is 7.36. The smallest absolute Gasteiger partial charge is 0.327 e. The van der Waals surface area contributed by atoms with Crippen molar-refractivity contribution < 1.29 is 24.0 Å². The summed E-state index contributed by atoms with van der Waals surface area (Å²) in [6.07, 6.45) is -1.15. The van der Waals surface area contributed by atoms with Crippen molar-refractivity contribution in [1.82, 2.24) is 20.4 Å². The molecule has 190 valence electrons. The zero-order valence-corrected chi connectivity index (χ0v) is 20.7. The first-order valence-corrected chi connectivity index (χ1v) is 12.1. The number of carbonyl (C=O) groups is 3. The van der Waals surface area contributed by atoms with Crippen LogP contribution < -0.4 is 20.7 Å². The number of amides is 4. The number of nitro groups is 1. The van der Waals surface area contributed by atoms with Crippen molar-refractivity contribution in [2.75, 3.05) is 32.3 Å². The number of methoxy groups -OCH3 is 1. The molecule has 4 atom stereocenters. The van der Waals surface area contributed by atoms with Crippen LogP contribution in [0.15, 0.2) is 48.5 Å². The van der Waals surface area contributed by atoms with Gasteiger partial charge in [0.25, 0.3) is 5.69 Å². The van der Waals surface area contributed by atoms with E-state index < -0.39 is 34.6 Å². The Labute approximate surface area is 211 Å². The minimum atomic E-state index is -0.665. The predicted molar refractivity (Wildman–Crippen MR) is 133 cm³/mol. The molecule has 0 spiro atoms. The summed E-state index contributed by atoms with van der Waals surface area (Å²) in [7, 11) is 4.57. The molecule has 0 bridgehead atoms. The lowest BCUT2D eigenvalue weighted by atomic mass is 9.96. The van der Waals surface area contributed by atoms with Gasteiger partial charge in [-0.1, -0.05) is 6.07 Å². The van der Waals surface area contributed by atoms with Gasteiger partial charge < -0.3 is 15.0 Å². The minimum absolute atomic E-state index is 0.0414. The van der Waals surface area contributed by atoms with Crippen molar-refractivity contribution in [1.29, 1.82) is 0 Å². The van der Waals surface area contributed by atoms with Crippen LogP contribution in [-0.2, 0) is 9.59 Å². The molecule has 36 heavy (non-hydrogen) atoms. The van der Waals surface area contributed by atoms with Crippen molar-refractivity contribution in [2.45, 2.75) is 17.7 Å². The van der Waals surface area contributed by atoms with E-state index in [9.17, 15) is 24.5 Å². The molecular formula is C23H26N6O6S. The Kier molecular flexibility index (Phi) is 7.43. The number of non-ortho nitro benzene ring substituents is 1. The molecule has 4 amide bonds. The van der Waals surface area contributed by atoms with Gasteiger partial charge in [-0.05, 0) is 29.8 Å². The molecule has 2 saturated heterocycles. The van der Waals surface area contributed by atoms with Gasteiger partial charge in [-0.3, -0.25) is 35.2 Å². The number of imide groups is 1. The molecule has 2 aromatic rings. The number of rotatable bonds is 7. The van der Waals surface area contributed by atoms with Crippen LogP contribution in [0, 0.1) is 16.0 Å². The van der Waals surface area contributed by atoms with Gasteiger partial charge in [-0.2, -0.15) is 0 Å². The van der Waals surface area contributed by atoms with E-state index >= 15 is 0 Å². The number of anilines is 1. The summed E-state index contributed by atoms with van der Waals surface area (Å²) in [5.74, 6) is -0.645. The van der Waals surface area contributed by atoms with Crippen LogP contribution in [0.3, 0.4) is 0 Å². The Morgan fingerprint density at radius 2 is 1.89 bits per heavy atom. The van der Waals surface area contributed by atoms with E-state index in [0.717, 1.165) is 4.90 Å². The maximum absolute atomic E-state index is 13.1. The molecule has 2 aliphatic heterocycles. The van der Waals surface area contributed by atoms with E-state index in [1.54, 1.807) is 43.4 Å². The average molecular weight is 515 g/mol. The number of ether oxygens (including phenoxy) is 1. The highest BCUT2D eigenvalue weighted by atomic mass is 32.2. The normalized spacial score (nSPS) is 23.8. The van der Waals surface area contributed by atoms with Gasteiger partial charge in [0.05, 0.1) is 41.4 Å². The lowest BCUT2D eigenvalue weighted by molar-refractivity contribution is -0.384. The summed E-state index contributed by atoms with van der Waals surface area (Å²) in [6, 6.07) is 12.5. The van der Waals surface area contributed by atoms with Gasteiger partial charge in [0.1, 0.15) is 5.75 Å². The molecule has 13 heteroatoms. The number of fused-ring (bicyclic) bond motifs is 1. The number of nitro benzene ring substituents is 1. The van der Waals surface area contributed by atoms with E-state index in [1.807, 2.05) is 0 Å². The van der Waals surface area contributed by atoms with Crippen LogP contribution in [0.1, 0.15) is 11.7 Å². The number of thioether (sulfide) groups is 1. The van der Waals surface area contributed by atoms with Crippen LogP contribution in [0.5, 0.6) is 5.75 Å². The highest BCUT2D eigenvalue weighted by Gasteiger charge is 2.51. The van der Waals surface area contributed by atoms with E-state index in [2.05, 4.69) is 16.0 Å². The highest BCUT2D eigenvalue weighted by molar-refractivity contribution is 8.00. The monoisotopic (exact) mass is 514 g/mol. The molecule has 0 saturated carbocycles. The van der Waals surface area contributed by atoms with Gasteiger partial charge in [0.15, 0.2) is 0 Å². The van der Waals surface area contributed by atoms with Crippen LogP contribution >= 0.6 is 11.8 Å². The zero-order chi connectivity index (χ0) is 26.0. The summed E-state index contributed by atoms with van der Waals surface area (Å²) in [5.41, 5.74) is 1.23. The van der Waals surface area contributed by atoms with Crippen molar-refractivity contribution in [3.8, 4) is 5.75 Å². The Bertz CT molecular complexity index is 1180. The molecule has 4 unspecified atom stereocenters. The third-order valence-electron chi connectivity index (χ3n) is 6.14. The molecule has 3 N–H and O–H groups in total. The van der Waals surface area contributed by atoms with Crippen LogP contribution in [0.2, 0.25) is 0 Å². The molecule has 4 rings (SSSR count). The van der Waals surface area contributed by atoms with E-state index in [1.165, 1.54) is 43.0 Å². The SMILES string of the molecule is COc1cccc(NC(=O)CSC2NC(c3ccc([N+](=O)[O-])cc3)NC3C2C(=O)N(C)C(=O)N3C)c1. The second-order valence-corrected chi connectivity index (χ2v) is 9.52. The summed E-state index contributed by atoms with van der Waals surface area (Å²) in [6.45, 7) is 0. The molecule has 12 nitrogen and oxygen atoms in total. The number of hydrogen-bond donors (Lipinski definition) is 3. The number of carbonyl (C=O) groups excluding carboxylic acids is 3. The first kappa shape index (κ1) is 25.4. The first-order valence-electron chi connectivity index (χ1n) is 11.1. The predicted octanol–water partition coefficient (Wildman–Crippen LogP) is 1.96. The highest BCUT2D eigenvalue weighted by Crippen LogP contribution is 2.34. The Hall–Kier alpha value is -3.68. The zero-order valence-electron chi connectivity index (χ0n) is 19.8. The average Bonchev–Trinajstić information content (AvgIpc) is 2.89. The first-order chi connectivity index (χ1) is 17.2. The number of urea groups is 1. The van der Waals surface area contributed by atoms with Crippen LogP contribution in [0.4, 0.5) is 16.2 Å². The largest absolute Gasteiger partial charge is 0.497 e. The van der Waals surface area contributed by atoms with Gasteiger partial charge in [-0.15, -0.1) is 11.8 Å². The second kappa shape index (κ2) is 10.5. The topological polar surface area (TPSA) is 146 Å². The van der Waals surface area contributed by atoms with Gasteiger partial charge in [0.2, 0.25) is 11.8 Å². The lowest BCUT2D eigenvalue weighted by Gasteiger charge is -2.50. The lowest BCUT2D eigenvalue weighted by Crippen LogP contribution is -2.72. The maximum Gasteiger partial charge on any atom is 0.327 e. The molecule has 0 aliphatic carbocycles. The Morgan fingerprint density at radius 1 is 1.17 bits per heavy atom. The number of benzene rings is 2. The Balaban J connectivity index is 1.53. The van der Waals surface area contributed by atoms with E-state index in [0.29, 0.717) is 17.0 Å². The van der Waals surface area contributed by atoms with Crippen molar-refractivity contribution in [3.05, 3.63) is 64.2 Å². The van der Waals surface area contributed by atoms with Gasteiger partial charge >= 0.3 is 6.03 Å². The van der Waals surface area contributed by atoms with E-state index in [4.69, 9.17) is 4.74 Å². The molecule has 2 heterocycles. The maximum atomic E-state index is 13.1. The molecule has 0 aromatic heterocycles. The third kappa shape index (κ3) is 5.12. The second-order valence-electron chi connectivity index (χ2n) is 8.39.